The lowest BCUT2D eigenvalue weighted by Crippen LogP contribution is -2.38. The first kappa shape index (κ1) is 23.5. The lowest BCUT2D eigenvalue weighted by atomic mass is 9.99. The first-order chi connectivity index (χ1) is 17.7. The summed E-state index contributed by atoms with van der Waals surface area (Å²) < 4.78 is 17.2. The Bertz CT molecular complexity index is 1290. The molecule has 0 aliphatic carbocycles. The third-order valence-electron chi connectivity index (χ3n) is 5.85. The van der Waals surface area contributed by atoms with E-state index in [2.05, 4.69) is 19.9 Å². The fourth-order valence-corrected chi connectivity index (χ4v) is 4.05. The van der Waals surface area contributed by atoms with Crippen molar-refractivity contribution in [3.05, 3.63) is 72.9 Å². The number of hydrogen-bond acceptors (Lipinski definition) is 9. The predicted molar refractivity (Wildman–Crippen MR) is 139 cm³/mol. The summed E-state index contributed by atoms with van der Waals surface area (Å²) in [5.41, 5.74) is 15.3. The zero-order valence-electron chi connectivity index (χ0n) is 19.8. The van der Waals surface area contributed by atoms with Crippen LogP contribution in [0, 0.1) is 0 Å². The van der Waals surface area contributed by atoms with E-state index in [4.69, 9.17) is 25.7 Å². The van der Waals surface area contributed by atoms with Gasteiger partial charge in [0.15, 0.2) is 0 Å². The Balaban J connectivity index is 1.28. The molecule has 0 bridgehead atoms. The number of rotatable bonds is 8. The van der Waals surface area contributed by atoms with Crippen LogP contribution in [0.4, 0.5) is 11.8 Å². The molecule has 0 spiro atoms. The van der Waals surface area contributed by atoms with E-state index in [-0.39, 0.29) is 5.95 Å². The molecule has 0 radical (unpaired) electrons. The van der Waals surface area contributed by atoms with Crippen molar-refractivity contribution in [1.82, 2.24) is 19.9 Å². The van der Waals surface area contributed by atoms with Gasteiger partial charge < -0.3 is 25.7 Å². The third kappa shape index (κ3) is 5.70. The molecule has 1 aliphatic rings. The largest absolute Gasteiger partial charge is 0.476 e. The molecule has 2 aromatic heterocycles. The number of nitrogens with zero attached hydrogens (tertiary/aromatic N) is 4. The van der Waals surface area contributed by atoms with Crippen molar-refractivity contribution in [2.24, 2.45) is 0 Å². The highest BCUT2D eigenvalue weighted by Gasteiger charge is 2.16. The Hall–Kier alpha value is -4.21. The van der Waals surface area contributed by atoms with Gasteiger partial charge in [-0.1, -0.05) is 42.5 Å². The number of pyridine rings is 1. The van der Waals surface area contributed by atoms with Crippen LogP contribution in [0.15, 0.2) is 72.9 Å². The molecule has 4 N–H and O–H groups in total. The SMILES string of the molecule is Nc1nc(N)c(-c2ccc(Oc3ccnc(OCCN4CCOCC4)c3)cc2)c(-c2ccccc2)n1. The molecule has 0 atom stereocenters. The molecular weight excluding hydrogens is 456 g/mol. The molecule has 0 unspecified atom stereocenters. The minimum absolute atomic E-state index is 0.135. The maximum Gasteiger partial charge on any atom is 0.222 e. The molecule has 1 fully saturated rings. The quantitative estimate of drug-likeness (QED) is 0.384. The number of ether oxygens (including phenoxy) is 3. The summed E-state index contributed by atoms with van der Waals surface area (Å²) in [5, 5.41) is 0. The van der Waals surface area contributed by atoms with Crippen LogP contribution >= 0.6 is 0 Å². The van der Waals surface area contributed by atoms with Crippen LogP contribution in [0.25, 0.3) is 22.4 Å². The molecular formula is C27H28N6O3. The highest BCUT2D eigenvalue weighted by molar-refractivity contribution is 5.88. The summed E-state index contributed by atoms with van der Waals surface area (Å²) in [5.74, 6) is 2.29. The lowest BCUT2D eigenvalue weighted by Gasteiger charge is -2.26. The van der Waals surface area contributed by atoms with E-state index in [1.807, 2.05) is 54.6 Å². The van der Waals surface area contributed by atoms with Gasteiger partial charge in [0.2, 0.25) is 11.8 Å². The minimum atomic E-state index is 0.135. The lowest BCUT2D eigenvalue weighted by molar-refractivity contribution is 0.0320. The van der Waals surface area contributed by atoms with Gasteiger partial charge in [-0.05, 0) is 23.8 Å². The average Bonchev–Trinajstić information content (AvgIpc) is 2.90. The van der Waals surface area contributed by atoms with E-state index in [9.17, 15) is 0 Å². The zero-order chi connectivity index (χ0) is 24.7. The maximum atomic E-state index is 6.26. The number of morpholine rings is 1. The van der Waals surface area contributed by atoms with Gasteiger partial charge in [-0.3, -0.25) is 4.90 Å². The monoisotopic (exact) mass is 484 g/mol. The predicted octanol–water partition coefficient (Wildman–Crippen LogP) is 3.87. The topological polar surface area (TPSA) is 122 Å². The van der Waals surface area contributed by atoms with Crippen LogP contribution in [0.1, 0.15) is 0 Å². The standard InChI is InChI=1S/C27H28N6O3/c28-26-24(25(31-27(29)32-26)20-4-2-1-3-5-20)19-6-8-21(9-7-19)36-22-10-11-30-23(18-22)35-17-14-33-12-15-34-16-13-33/h1-11,18H,12-17H2,(H4,28,29,31,32). The van der Waals surface area contributed by atoms with Gasteiger partial charge in [0.1, 0.15) is 23.9 Å². The second-order valence-corrected chi connectivity index (χ2v) is 8.32. The number of aromatic nitrogens is 3. The van der Waals surface area contributed by atoms with Crippen molar-refractivity contribution in [3.8, 4) is 39.8 Å². The van der Waals surface area contributed by atoms with Gasteiger partial charge in [-0.2, -0.15) is 4.98 Å². The molecule has 4 aromatic rings. The molecule has 2 aromatic carbocycles. The fraction of sp³-hybridized carbons (Fsp3) is 0.222. The maximum absolute atomic E-state index is 6.26. The zero-order valence-corrected chi connectivity index (χ0v) is 19.8. The molecule has 1 aliphatic heterocycles. The number of hydrogen-bond donors (Lipinski definition) is 2. The Morgan fingerprint density at radius 1 is 0.861 bits per heavy atom. The first-order valence-corrected chi connectivity index (χ1v) is 11.8. The van der Waals surface area contributed by atoms with E-state index < -0.39 is 0 Å². The third-order valence-corrected chi connectivity index (χ3v) is 5.85. The summed E-state index contributed by atoms with van der Waals surface area (Å²) >= 11 is 0. The minimum Gasteiger partial charge on any atom is -0.476 e. The second-order valence-electron chi connectivity index (χ2n) is 8.32. The molecule has 9 heteroatoms. The highest BCUT2D eigenvalue weighted by Crippen LogP contribution is 2.36. The normalized spacial score (nSPS) is 13.9. The number of nitrogen functional groups attached to an aromatic ring is 2. The molecule has 0 amide bonds. The van der Waals surface area contributed by atoms with Crippen LogP contribution in [0.2, 0.25) is 0 Å². The number of nitrogens with two attached hydrogens (primary N) is 2. The summed E-state index contributed by atoms with van der Waals surface area (Å²) in [7, 11) is 0. The van der Waals surface area contributed by atoms with Crippen molar-refractivity contribution in [2.45, 2.75) is 0 Å². The molecule has 184 valence electrons. The van der Waals surface area contributed by atoms with Crippen molar-refractivity contribution in [2.75, 3.05) is 50.9 Å². The smallest absolute Gasteiger partial charge is 0.222 e. The second kappa shape index (κ2) is 11.0. The van der Waals surface area contributed by atoms with Crippen LogP contribution in [0.3, 0.4) is 0 Å². The Kier molecular flexibility index (Phi) is 7.20. The number of anilines is 2. The number of benzene rings is 2. The van der Waals surface area contributed by atoms with Gasteiger partial charge in [-0.25, -0.2) is 9.97 Å². The average molecular weight is 485 g/mol. The molecule has 0 saturated carbocycles. The van der Waals surface area contributed by atoms with Gasteiger partial charge >= 0.3 is 0 Å². The van der Waals surface area contributed by atoms with Crippen LogP contribution in [-0.2, 0) is 4.74 Å². The molecule has 3 heterocycles. The molecule has 5 rings (SSSR count). The Morgan fingerprint density at radius 3 is 2.42 bits per heavy atom. The van der Waals surface area contributed by atoms with Gasteiger partial charge in [0, 0.05) is 37.5 Å². The Labute approximate surface area is 209 Å². The van der Waals surface area contributed by atoms with Crippen LogP contribution in [0.5, 0.6) is 17.4 Å². The summed E-state index contributed by atoms with van der Waals surface area (Å²) in [6.45, 7) is 4.78. The molecule has 9 nitrogen and oxygen atoms in total. The van der Waals surface area contributed by atoms with E-state index in [1.54, 1.807) is 18.3 Å². The van der Waals surface area contributed by atoms with Crippen molar-refractivity contribution >= 4 is 11.8 Å². The van der Waals surface area contributed by atoms with E-state index in [0.717, 1.165) is 49.5 Å². The van der Waals surface area contributed by atoms with Gasteiger partial charge in [0.25, 0.3) is 0 Å². The van der Waals surface area contributed by atoms with E-state index in [1.165, 1.54) is 0 Å². The molecule has 1 saturated heterocycles. The van der Waals surface area contributed by atoms with Gasteiger partial charge in [0.05, 0.1) is 24.5 Å². The summed E-state index contributed by atoms with van der Waals surface area (Å²) in [6.07, 6.45) is 1.67. The highest BCUT2D eigenvalue weighted by atomic mass is 16.5. The van der Waals surface area contributed by atoms with E-state index >= 15 is 0 Å². The Morgan fingerprint density at radius 2 is 1.64 bits per heavy atom. The fourth-order valence-electron chi connectivity index (χ4n) is 4.05. The van der Waals surface area contributed by atoms with E-state index in [0.29, 0.717) is 35.5 Å². The first-order valence-electron chi connectivity index (χ1n) is 11.8. The van der Waals surface area contributed by atoms with Crippen molar-refractivity contribution < 1.29 is 14.2 Å². The summed E-state index contributed by atoms with van der Waals surface area (Å²) in [6, 6.07) is 20.9. The molecule has 36 heavy (non-hydrogen) atoms. The van der Waals surface area contributed by atoms with Crippen molar-refractivity contribution in [3.63, 3.8) is 0 Å². The summed E-state index contributed by atoms with van der Waals surface area (Å²) in [4.78, 5) is 15.2. The van der Waals surface area contributed by atoms with Crippen LogP contribution < -0.4 is 20.9 Å². The van der Waals surface area contributed by atoms with Gasteiger partial charge in [-0.15, -0.1) is 0 Å². The van der Waals surface area contributed by atoms with Crippen LogP contribution in [-0.4, -0.2) is 59.3 Å². The van der Waals surface area contributed by atoms with Crippen molar-refractivity contribution in [1.29, 1.82) is 0 Å².